The van der Waals surface area contributed by atoms with Crippen molar-refractivity contribution in [1.82, 2.24) is 0 Å². The minimum atomic E-state index is -3.02. The highest BCUT2D eigenvalue weighted by molar-refractivity contribution is 14.1. The maximum absolute atomic E-state index is 12.3. The summed E-state index contributed by atoms with van der Waals surface area (Å²) >= 11 is 2.13. The molecule has 26 heavy (non-hydrogen) atoms. The Bertz CT molecular complexity index is 783. The van der Waals surface area contributed by atoms with Crippen molar-refractivity contribution >= 4 is 40.2 Å². The van der Waals surface area contributed by atoms with E-state index in [2.05, 4.69) is 32.6 Å². The van der Waals surface area contributed by atoms with Crippen molar-refractivity contribution in [3.8, 4) is 11.5 Å². The lowest BCUT2D eigenvalue weighted by molar-refractivity contribution is -0.119. The number of rotatable bonds is 7. The van der Waals surface area contributed by atoms with Gasteiger partial charge in [-0.1, -0.05) is 0 Å². The number of hydrogen-bond acceptors (Lipinski definition) is 5. The van der Waals surface area contributed by atoms with Gasteiger partial charge in [-0.25, -0.2) is 4.79 Å². The number of carbonyl (C=O) groups excluding carboxylic acids is 2. The molecule has 0 radical (unpaired) electrons. The van der Waals surface area contributed by atoms with E-state index in [1.54, 1.807) is 12.1 Å². The molecule has 1 amide bonds. The standard InChI is InChI=1S/C17H14F2INO5/c1-24-14-8-10(2-7-13(14)26-17(18)19)16(23)25-9-15(22)21-12-5-3-11(20)4-6-12/h2-8,17H,9H2,1H3,(H,21,22). The lowest BCUT2D eigenvalue weighted by atomic mass is 10.2. The topological polar surface area (TPSA) is 73.9 Å². The van der Waals surface area contributed by atoms with Gasteiger partial charge in [-0.15, -0.1) is 0 Å². The zero-order valence-electron chi connectivity index (χ0n) is 13.5. The van der Waals surface area contributed by atoms with Crippen molar-refractivity contribution in [2.45, 2.75) is 6.61 Å². The van der Waals surface area contributed by atoms with E-state index < -0.39 is 25.1 Å². The van der Waals surface area contributed by atoms with Crippen molar-refractivity contribution in [2.75, 3.05) is 19.0 Å². The van der Waals surface area contributed by atoms with E-state index in [4.69, 9.17) is 9.47 Å². The number of methoxy groups -OCH3 is 1. The predicted octanol–water partition coefficient (Wildman–Crippen LogP) is 3.70. The van der Waals surface area contributed by atoms with Crippen LogP contribution in [-0.4, -0.2) is 32.2 Å². The van der Waals surface area contributed by atoms with Crippen LogP contribution in [0.4, 0.5) is 14.5 Å². The molecule has 138 valence electrons. The van der Waals surface area contributed by atoms with Gasteiger partial charge >= 0.3 is 12.6 Å². The first-order valence-corrected chi connectivity index (χ1v) is 8.32. The number of esters is 1. The van der Waals surface area contributed by atoms with Crippen molar-refractivity contribution < 1.29 is 32.6 Å². The highest BCUT2D eigenvalue weighted by Crippen LogP contribution is 2.29. The third-order valence-electron chi connectivity index (χ3n) is 3.08. The lowest BCUT2D eigenvalue weighted by Crippen LogP contribution is -2.21. The van der Waals surface area contributed by atoms with E-state index in [1.807, 2.05) is 12.1 Å². The van der Waals surface area contributed by atoms with Gasteiger partial charge in [0.25, 0.3) is 5.91 Å². The van der Waals surface area contributed by atoms with Gasteiger partial charge in [0.2, 0.25) is 0 Å². The maximum Gasteiger partial charge on any atom is 0.387 e. The van der Waals surface area contributed by atoms with E-state index in [9.17, 15) is 18.4 Å². The second kappa shape index (κ2) is 9.32. The summed E-state index contributed by atoms with van der Waals surface area (Å²) < 4.78 is 39.7. The Hall–Kier alpha value is -2.43. The Balaban J connectivity index is 1.94. The Morgan fingerprint density at radius 2 is 1.81 bits per heavy atom. The summed E-state index contributed by atoms with van der Waals surface area (Å²) in [6.07, 6.45) is 0. The van der Waals surface area contributed by atoms with Crippen LogP contribution in [0, 0.1) is 3.57 Å². The number of alkyl halides is 2. The molecule has 2 aromatic carbocycles. The summed E-state index contributed by atoms with van der Waals surface area (Å²) in [6.45, 7) is -3.52. The molecule has 0 fully saturated rings. The first kappa shape index (κ1) is 19.9. The molecule has 9 heteroatoms. The number of anilines is 1. The zero-order valence-corrected chi connectivity index (χ0v) is 15.7. The fraction of sp³-hybridized carbons (Fsp3) is 0.176. The first-order valence-electron chi connectivity index (χ1n) is 7.24. The van der Waals surface area contributed by atoms with Gasteiger partial charge in [0, 0.05) is 9.26 Å². The second-order valence-electron chi connectivity index (χ2n) is 4.88. The number of nitrogens with one attached hydrogen (secondary N) is 1. The molecule has 6 nitrogen and oxygen atoms in total. The van der Waals surface area contributed by atoms with E-state index in [0.29, 0.717) is 5.69 Å². The molecule has 2 aromatic rings. The van der Waals surface area contributed by atoms with Crippen LogP contribution in [0.3, 0.4) is 0 Å². The summed E-state index contributed by atoms with van der Waals surface area (Å²) in [7, 11) is 1.25. The molecular weight excluding hydrogens is 463 g/mol. The summed E-state index contributed by atoms with van der Waals surface area (Å²) in [5, 5.41) is 2.58. The van der Waals surface area contributed by atoms with Gasteiger partial charge in [-0.05, 0) is 65.1 Å². The molecule has 0 saturated heterocycles. The fourth-order valence-electron chi connectivity index (χ4n) is 1.93. The van der Waals surface area contributed by atoms with Crippen molar-refractivity contribution in [2.24, 2.45) is 0 Å². The Labute approximate surface area is 161 Å². The van der Waals surface area contributed by atoms with Crippen LogP contribution in [0.2, 0.25) is 0 Å². The Kier molecular flexibility index (Phi) is 7.13. The van der Waals surface area contributed by atoms with Gasteiger partial charge in [0.05, 0.1) is 12.7 Å². The average molecular weight is 477 g/mol. The van der Waals surface area contributed by atoms with Crippen LogP contribution in [0.25, 0.3) is 0 Å². The number of hydrogen-bond donors (Lipinski definition) is 1. The van der Waals surface area contributed by atoms with Gasteiger partial charge in [-0.3, -0.25) is 4.79 Å². The van der Waals surface area contributed by atoms with Crippen molar-refractivity contribution in [3.05, 3.63) is 51.6 Å². The third-order valence-corrected chi connectivity index (χ3v) is 3.80. The quantitative estimate of drug-likeness (QED) is 0.487. The molecule has 0 aromatic heterocycles. The average Bonchev–Trinajstić information content (AvgIpc) is 2.61. The van der Waals surface area contributed by atoms with Gasteiger partial charge in [0.15, 0.2) is 18.1 Å². The molecule has 0 aliphatic rings. The highest BCUT2D eigenvalue weighted by atomic mass is 127. The summed E-state index contributed by atoms with van der Waals surface area (Å²) in [4.78, 5) is 23.8. The molecule has 0 heterocycles. The summed E-state index contributed by atoms with van der Waals surface area (Å²) in [5.74, 6) is -1.58. The first-order chi connectivity index (χ1) is 12.4. The molecule has 0 bridgehead atoms. The highest BCUT2D eigenvalue weighted by Gasteiger charge is 2.16. The number of ether oxygens (including phenoxy) is 3. The molecule has 0 saturated carbocycles. The van der Waals surface area contributed by atoms with Crippen molar-refractivity contribution in [1.29, 1.82) is 0 Å². The molecule has 0 spiro atoms. The number of halogens is 3. The molecule has 0 atom stereocenters. The van der Waals surface area contributed by atoms with E-state index in [0.717, 1.165) is 9.64 Å². The van der Waals surface area contributed by atoms with Crippen LogP contribution >= 0.6 is 22.6 Å². The van der Waals surface area contributed by atoms with E-state index in [-0.39, 0.29) is 17.1 Å². The smallest absolute Gasteiger partial charge is 0.387 e. The van der Waals surface area contributed by atoms with Crippen LogP contribution in [0.15, 0.2) is 42.5 Å². The van der Waals surface area contributed by atoms with Crippen LogP contribution in [-0.2, 0) is 9.53 Å². The lowest BCUT2D eigenvalue weighted by Gasteiger charge is -2.11. The Morgan fingerprint density at radius 3 is 2.42 bits per heavy atom. The van der Waals surface area contributed by atoms with E-state index >= 15 is 0 Å². The number of carbonyl (C=O) groups is 2. The summed E-state index contributed by atoms with van der Waals surface area (Å²) in [6, 6.07) is 10.7. The largest absolute Gasteiger partial charge is 0.493 e. The van der Waals surface area contributed by atoms with Gasteiger partial charge in [0.1, 0.15) is 0 Å². The molecule has 0 unspecified atom stereocenters. The number of benzene rings is 2. The molecule has 2 rings (SSSR count). The molecule has 0 aliphatic heterocycles. The Morgan fingerprint density at radius 1 is 1.12 bits per heavy atom. The minimum absolute atomic E-state index is 0.0329. The molecular formula is C17H14F2INO5. The second-order valence-corrected chi connectivity index (χ2v) is 6.12. The molecule has 0 aliphatic carbocycles. The van der Waals surface area contributed by atoms with Crippen LogP contribution in [0.5, 0.6) is 11.5 Å². The van der Waals surface area contributed by atoms with E-state index in [1.165, 1.54) is 19.2 Å². The van der Waals surface area contributed by atoms with Crippen LogP contribution in [0.1, 0.15) is 10.4 Å². The third kappa shape index (κ3) is 5.83. The molecule has 1 N–H and O–H groups in total. The normalized spacial score (nSPS) is 10.3. The minimum Gasteiger partial charge on any atom is -0.493 e. The van der Waals surface area contributed by atoms with Crippen molar-refractivity contribution in [3.63, 3.8) is 0 Å². The SMILES string of the molecule is COc1cc(C(=O)OCC(=O)Nc2ccc(I)cc2)ccc1OC(F)F. The van der Waals surface area contributed by atoms with Gasteiger partial charge in [-0.2, -0.15) is 8.78 Å². The maximum atomic E-state index is 12.3. The summed E-state index contributed by atoms with van der Waals surface area (Å²) in [5.41, 5.74) is 0.604. The number of amides is 1. The zero-order chi connectivity index (χ0) is 19.1. The fourth-order valence-corrected chi connectivity index (χ4v) is 2.29. The predicted molar refractivity (Wildman–Crippen MR) is 97.7 cm³/mol. The van der Waals surface area contributed by atoms with Gasteiger partial charge < -0.3 is 19.5 Å². The van der Waals surface area contributed by atoms with Crippen LogP contribution < -0.4 is 14.8 Å². The monoisotopic (exact) mass is 477 g/mol.